The van der Waals surface area contributed by atoms with Crippen LogP contribution in [-0.2, 0) is 6.54 Å². The van der Waals surface area contributed by atoms with Crippen molar-refractivity contribution in [1.29, 1.82) is 0 Å². The third-order valence-corrected chi connectivity index (χ3v) is 6.04. The summed E-state index contributed by atoms with van der Waals surface area (Å²) in [5, 5.41) is 3.54. The van der Waals surface area contributed by atoms with Crippen LogP contribution in [0.3, 0.4) is 0 Å². The van der Waals surface area contributed by atoms with E-state index in [4.69, 9.17) is 19.2 Å². The van der Waals surface area contributed by atoms with Crippen molar-refractivity contribution in [3.8, 4) is 28.5 Å². The number of nitrogens with one attached hydrogen (secondary N) is 1. The van der Waals surface area contributed by atoms with E-state index in [1.54, 1.807) is 24.3 Å². The van der Waals surface area contributed by atoms with Gasteiger partial charge in [0.1, 0.15) is 22.9 Å². The Labute approximate surface area is 207 Å². The first-order valence-corrected chi connectivity index (χ1v) is 11.6. The average molecular weight is 478 g/mol. The molecule has 1 aliphatic heterocycles. The fourth-order valence-electron chi connectivity index (χ4n) is 4.22. The number of aryl methyl sites for hydroxylation is 1. The van der Waals surface area contributed by atoms with Crippen LogP contribution in [0.25, 0.3) is 16.9 Å². The van der Waals surface area contributed by atoms with Crippen LogP contribution >= 0.6 is 0 Å². The molecule has 0 spiro atoms. The van der Waals surface area contributed by atoms with Gasteiger partial charge in [-0.05, 0) is 60.5 Å². The number of nitrogens with zero attached hydrogens (tertiary/aromatic N) is 2. The van der Waals surface area contributed by atoms with Gasteiger partial charge in [0, 0.05) is 18.3 Å². The molecule has 0 unspecified atom stereocenters. The van der Waals surface area contributed by atoms with Gasteiger partial charge in [-0.3, -0.25) is 4.40 Å². The van der Waals surface area contributed by atoms with Gasteiger partial charge in [0.2, 0.25) is 6.79 Å². The zero-order chi connectivity index (χ0) is 24.5. The van der Waals surface area contributed by atoms with Gasteiger partial charge in [-0.1, -0.05) is 42.5 Å². The van der Waals surface area contributed by atoms with Gasteiger partial charge in [0.15, 0.2) is 11.5 Å². The Morgan fingerprint density at radius 2 is 1.78 bits per heavy atom. The predicted molar refractivity (Wildman–Crippen MR) is 137 cm³/mol. The molecule has 0 radical (unpaired) electrons. The molecule has 36 heavy (non-hydrogen) atoms. The van der Waals surface area contributed by atoms with E-state index in [0.717, 1.165) is 22.6 Å². The van der Waals surface area contributed by atoms with Crippen LogP contribution in [0.4, 0.5) is 5.82 Å². The molecule has 178 valence electrons. The summed E-state index contributed by atoms with van der Waals surface area (Å²) in [5.74, 6) is 1.89. The average Bonchev–Trinajstić information content (AvgIpc) is 3.52. The summed E-state index contributed by atoms with van der Waals surface area (Å²) in [6, 6.07) is 26.7. The number of benzene rings is 3. The van der Waals surface area contributed by atoms with Crippen molar-refractivity contribution in [2.75, 3.05) is 12.1 Å². The largest absolute Gasteiger partial charge is 0.454 e. The number of hydrogen-bond donors (Lipinski definition) is 1. The molecular weight excluding hydrogens is 454 g/mol. The normalized spacial score (nSPS) is 12.0. The fourth-order valence-corrected chi connectivity index (χ4v) is 4.22. The molecule has 7 nitrogen and oxygen atoms in total. The van der Waals surface area contributed by atoms with Gasteiger partial charge in [-0.2, -0.15) is 0 Å². The Hall–Kier alpha value is -4.78. The minimum Gasteiger partial charge on any atom is -0.454 e. The zero-order valence-electron chi connectivity index (χ0n) is 19.6. The van der Waals surface area contributed by atoms with Gasteiger partial charge >= 0.3 is 5.97 Å². The number of esters is 1. The second-order valence-corrected chi connectivity index (χ2v) is 8.53. The highest BCUT2D eigenvalue weighted by Gasteiger charge is 2.21. The molecule has 0 saturated carbocycles. The van der Waals surface area contributed by atoms with Gasteiger partial charge in [0.25, 0.3) is 0 Å². The first-order chi connectivity index (χ1) is 17.7. The summed E-state index contributed by atoms with van der Waals surface area (Å²) in [4.78, 5) is 18.0. The van der Waals surface area contributed by atoms with Gasteiger partial charge in [-0.25, -0.2) is 9.78 Å². The zero-order valence-corrected chi connectivity index (χ0v) is 19.6. The summed E-state index contributed by atoms with van der Waals surface area (Å²) in [6.45, 7) is 2.80. The maximum absolute atomic E-state index is 13.1. The molecule has 6 rings (SSSR count). The van der Waals surface area contributed by atoms with Crippen molar-refractivity contribution in [2.45, 2.75) is 13.5 Å². The standard InChI is InChI=1S/C29H23N3O4/c1-19-13-14-32-26(15-19)31-27(28(32)30-17-20-7-3-2-4-8-20)22-9-5-6-10-23(22)36-29(33)21-11-12-24-25(16-21)35-18-34-24/h2-16,30H,17-18H2,1H3. The van der Waals surface area contributed by atoms with Crippen molar-refractivity contribution in [3.63, 3.8) is 0 Å². The third-order valence-electron chi connectivity index (χ3n) is 6.04. The lowest BCUT2D eigenvalue weighted by Gasteiger charge is -2.12. The highest BCUT2D eigenvalue weighted by atomic mass is 16.7. The molecule has 0 amide bonds. The molecule has 3 aromatic carbocycles. The molecule has 2 aromatic heterocycles. The Morgan fingerprint density at radius 1 is 0.972 bits per heavy atom. The number of hydrogen-bond acceptors (Lipinski definition) is 6. The Balaban J connectivity index is 1.37. The van der Waals surface area contributed by atoms with Gasteiger partial charge < -0.3 is 19.5 Å². The minimum atomic E-state index is -0.487. The molecule has 0 bridgehead atoms. The number of aromatic nitrogens is 2. The predicted octanol–water partition coefficient (Wildman–Crippen LogP) is 5.87. The lowest BCUT2D eigenvalue weighted by Crippen LogP contribution is -2.09. The number of fused-ring (bicyclic) bond motifs is 2. The maximum Gasteiger partial charge on any atom is 0.343 e. The monoisotopic (exact) mass is 477 g/mol. The van der Waals surface area contributed by atoms with Crippen LogP contribution in [0, 0.1) is 6.92 Å². The molecule has 0 saturated heterocycles. The van der Waals surface area contributed by atoms with Crippen molar-refractivity contribution < 1.29 is 19.0 Å². The van der Waals surface area contributed by atoms with E-state index in [1.165, 1.54) is 0 Å². The summed E-state index contributed by atoms with van der Waals surface area (Å²) in [7, 11) is 0. The minimum absolute atomic E-state index is 0.142. The molecule has 3 heterocycles. The number of imidazole rings is 1. The smallest absolute Gasteiger partial charge is 0.343 e. The van der Waals surface area contributed by atoms with E-state index in [-0.39, 0.29) is 6.79 Å². The van der Waals surface area contributed by atoms with E-state index >= 15 is 0 Å². The van der Waals surface area contributed by atoms with Crippen molar-refractivity contribution >= 4 is 17.4 Å². The summed E-state index contributed by atoms with van der Waals surface area (Å²) >= 11 is 0. The number of pyridine rings is 1. The van der Waals surface area contributed by atoms with E-state index < -0.39 is 5.97 Å². The van der Waals surface area contributed by atoms with E-state index in [1.807, 2.05) is 66.1 Å². The van der Waals surface area contributed by atoms with Gasteiger partial charge in [0.05, 0.1) is 5.56 Å². The van der Waals surface area contributed by atoms with Crippen molar-refractivity contribution in [3.05, 3.63) is 108 Å². The number of ether oxygens (including phenoxy) is 3. The Morgan fingerprint density at radius 3 is 2.67 bits per heavy atom. The molecule has 7 heteroatoms. The number of carbonyl (C=O) groups is 1. The SMILES string of the molecule is Cc1ccn2c(NCc3ccccc3)c(-c3ccccc3OC(=O)c3ccc4c(c3)OCO4)nc2c1. The van der Waals surface area contributed by atoms with Crippen molar-refractivity contribution in [2.24, 2.45) is 0 Å². The van der Waals surface area contributed by atoms with E-state index in [2.05, 4.69) is 17.4 Å². The first-order valence-electron chi connectivity index (χ1n) is 11.6. The Bertz CT molecular complexity index is 1580. The number of rotatable bonds is 6. The molecular formula is C29H23N3O4. The van der Waals surface area contributed by atoms with Crippen LogP contribution in [-0.4, -0.2) is 22.1 Å². The first kappa shape index (κ1) is 21.7. The highest BCUT2D eigenvalue weighted by Crippen LogP contribution is 2.37. The molecule has 0 fully saturated rings. The van der Waals surface area contributed by atoms with Crippen LogP contribution in [0.5, 0.6) is 17.2 Å². The third kappa shape index (κ3) is 4.11. The summed E-state index contributed by atoms with van der Waals surface area (Å²) < 4.78 is 18.6. The number of anilines is 1. The number of para-hydroxylation sites is 1. The summed E-state index contributed by atoms with van der Waals surface area (Å²) in [5.41, 5.74) is 4.85. The topological polar surface area (TPSA) is 74.1 Å². The molecule has 0 aliphatic carbocycles. The quantitative estimate of drug-likeness (QED) is 0.244. The maximum atomic E-state index is 13.1. The molecule has 1 aliphatic rings. The fraction of sp³-hybridized carbons (Fsp3) is 0.103. The van der Waals surface area contributed by atoms with Crippen LogP contribution in [0.15, 0.2) is 91.1 Å². The van der Waals surface area contributed by atoms with Gasteiger partial charge in [-0.15, -0.1) is 0 Å². The van der Waals surface area contributed by atoms with E-state index in [9.17, 15) is 4.79 Å². The lowest BCUT2D eigenvalue weighted by atomic mass is 10.1. The van der Waals surface area contributed by atoms with Crippen LogP contribution in [0.2, 0.25) is 0 Å². The molecule has 5 aromatic rings. The van der Waals surface area contributed by atoms with E-state index in [0.29, 0.717) is 40.6 Å². The number of carbonyl (C=O) groups excluding carboxylic acids is 1. The molecule has 0 atom stereocenters. The Kier molecular flexibility index (Phi) is 5.50. The lowest BCUT2D eigenvalue weighted by molar-refractivity contribution is 0.0735. The van der Waals surface area contributed by atoms with Crippen LogP contribution < -0.4 is 19.5 Å². The summed E-state index contributed by atoms with van der Waals surface area (Å²) in [6.07, 6.45) is 2.00. The van der Waals surface area contributed by atoms with Crippen LogP contribution in [0.1, 0.15) is 21.5 Å². The highest BCUT2D eigenvalue weighted by molar-refractivity contribution is 5.93. The molecule has 1 N–H and O–H groups in total. The second-order valence-electron chi connectivity index (χ2n) is 8.53. The van der Waals surface area contributed by atoms with Crippen molar-refractivity contribution in [1.82, 2.24) is 9.38 Å². The second kappa shape index (κ2) is 9.11.